The third-order valence-electron chi connectivity index (χ3n) is 19.7. The average Bonchev–Trinajstić information content (AvgIpc) is 1.67. The van der Waals surface area contributed by atoms with Crippen molar-refractivity contribution in [1.82, 2.24) is 9.13 Å². The highest BCUT2D eigenvalue weighted by atomic mass is 15.2. The number of anilines is 9. The molecule has 2 aliphatic heterocycles. The summed E-state index contributed by atoms with van der Waals surface area (Å²) in [4.78, 5) is 7.81. The van der Waals surface area contributed by atoms with Crippen molar-refractivity contribution < 1.29 is 0 Å². The predicted molar refractivity (Wildman–Crippen MR) is 381 cm³/mol. The van der Waals surface area contributed by atoms with Crippen molar-refractivity contribution in [3.8, 4) is 22.5 Å². The first kappa shape index (κ1) is 51.2. The number of fused-ring (bicyclic) bond motifs is 15. The van der Waals surface area contributed by atoms with Crippen molar-refractivity contribution in [3.05, 3.63) is 362 Å². The third-order valence-corrected chi connectivity index (χ3v) is 19.7. The lowest BCUT2D eigenvalue weighted by Crippen LogP contribution is -2.61. The van der Waals surface area contributed by atoms with Crippen LogP contribution in [0.15, 0.2) is 340 Å². The van der Waals surface area contributed by atoms with E-state index < -0.39 is 5.41 Å². The molecule has 0 amide bonds. The summed E-state index contributed by atoms with van der Waals surface area (Å²) in [5.74, 6) is 0. The van der Waals surface area contributed by atoms with Crippen LogP contribution >= 0.6 is 0 Å². The highest BCUT2D eigenvalue weighted by molar-refractivity contribution is 7.01. The standard InChI is InChI=1S/C85H56BN5/c1-8-29-57(30-9-1)85(58-31-10-2-11-32-58)68-46-25-22-43-65(68)79-69(85)47-28-50-74(79)87(59-33-12-3-13-34-59)64-55-77-82-78(56-64)91(63-41-20-7-21-42-63)84-71(52-54-76-81(84)67-45-24-27-49-73(67)89(76)61-37-16-5-17-38-61)86(82)70-51-53-75-80(83(70)90(77)62-39-18-6-19-40-62)66-44-23-26-48-72(66)88(75)60-35-14-4-15-36-60/h1-56H. The maximum absolute atomic E-state index is 2.62. The van der Waals surface area contributed by atoms with Crippen LogP contribution in [0.25, 0.3) is 66.1 Å². The molecule has 14 aromatic carbocycles. The molecule has 0 fully saturated rings. The number of hydrogen-bond acceptors (Lipinski definition) is 3. The molecule has 0 radical (unpaired) electrons. The lowest BCUT2D eigenvalue weighted by molar-refractivity contribution is 0.768. The van der Waals surface area contributed by atoms with E-state index in [0.29, 0.717) is 0 Å². The molecule has 0 N–H and O–H groups in total. The first-order chi connectivity index (χ1) is 45.2. The van der Waals surface area contributed by atoms with E-state index in [1.165, 1.54) is 82.7 Å². The lowest BCUT2D eigenvalue weighted by atomic mass is 9.33. The number of hydrogen-bond donors (Lipinski definition) is 0. The van der Waals surface area contributed by atoms with Gasteiger partial charge in [-0.2, -0.15) is 0 Å². The summed E-state index contributed by atoms with van der Waals surface area (Å²) in [5, 5.41) is 4.82. The van der Waals surface area contributed by atoms with E-state index in [9.17, 15) is 0 Å². The molecule has 16 aromatic rings. The maximum atomic E-state index is 2.62. The SMILES string of the molecule is c1ccc(N(c2cc3c4c(c2)N(c2ccccc2)c2c(ccc5c2c2ccccc2n5-c2ccccc2)B4c2ccc4c(c2N3c2ccccc2)c2ccccc2n4-c2ccccc2)c2cccc3c2-c2ccccc2C3(c2ccccc2)c2ccccc2)cc1. The fourth-order valence-corrected chi connectivity index (χ4v) is 16.3. The van der Waals surface area contributed by atoms with E-state index in [0.717, 1.165) is 73.3 Å². The number of rotatable bonds is 9. The van der Waals surface area contributed by atoms with Crippen molar-refractivity contribution in [2.24, 2.45) is 0 Å². The van der Waals surface area contributed by atoms with Crippen molar-refractivity contribution in [2.45, 2.75) is 5.41 Å². The van der Waals surface area contributed by atoms with E-state index in [1.807, 2.05) is 0 Å². The van der Waals surface area contributed by atoms with Crippen LogP contribution in [0, 0.1) is 0 Å². The smallest absolute Gasteiger partial charge is 0.252 e. The summed E-state index contributed by atoms with van der Waals surface area (Å²) in [6.45, 7) is -0.203. The summed E-state index contributed by atoms with van der Waals surface area (Å²) in [6.07, 6.45) is 0. The molecule has 5 nitrogen and oxygen atoms in total. The molecule has 0 saturated carbocycles. The predicted octanol–water partition coefficient (Wildman–Crippen LogP) is 19.8. The molecule has 2 aromatic heterocycles. The van der Waals surface area contributed by atoms with Gasteiger partial charge in [0.2, 0.25) is 0 Å². The third kappa shape index (κ3) is 7.30. The van der Waals surface area contributed by atoms with Crippen LogP contribution in [0.1, 0.15) is 22.3 Å². The second-order valence-corrected chi connectivity index (χ2v) is 24.2. The van der Waals surface area contributed by atoms with Gasteiger partial charge in [0.05, 0.1) is 50.2 Å². The topological polar surface area (TPSA) is 19.6 Å². The Morgan fingerprint density at radius 1 is 0.308 bits per heavy atom. The molecule has 19 rings (SSSR count). The van der Waals surface area contributed by atoms with Crippen LogP contribution in [0.4, 0.5) is 51.2 Å². The normalized spacial score (nSPS) is 13.3. The monoisotopic (exact) mass is 1160 g/mol. The largest absolute Gasteiger partial charge is 0.311 e. The van der Waals surface area contributed by atoms with Crippen molar-refractivity contribution >= 4 is 118 Å². The summed E-state index contributed by atoms with van der Waals surface area (Å²) in [7, 11) is 0. The minimum absolute atomic E-state index is 0.203. The summed E-state index contributed by atoms with van der Waals surface area (Å²) >= 11 is 0. The van der Waals surface area contributed by atoms with Gasteiger partial charge in [-0.05, 0) is 147 Å². The van der Waals surface area contributed by atoms with Crippen molar-refractivity contribution in [2.75, 3.05) is 14.7 Å². The van der Waals surface area contributed by atoms with E-state index in [1.54, 1.807) is 0 Å². The molecule has 0 spiro atoms. The molecule has 91 heavy (non-hydrogen) atoms. The van der Waals surface area contributed by atoms with Crippen LogP contribution in [-0.4, -0.2) is 15.8 Å². The lowest BCUT2D eigenvalue weighted by Gasteiger charge is -2.45. The van der Waals surface area contributed by atoms with E-state index in [2.05, 4.69) is 364 Å². The minimum atomic E-state index is -0.613. The number of benzene rings is 14. The first-order valence-corrected chi connectivity index (χ1v) is 31.5. The van der Waals surface area contributed by atoms with Crippen LogP contribution in [0.5, 0.6) is 0 Å². The second-order valence-electron chi connectivity index (χ2n) is 24.2. The minimum Gasteiger partial charge on any atom is -0.311 e. The van der Waals surface area contributed by atoms with Gasteiger partial charge in [-0.15, -0.1) is 0 Å². The van der Waals surface area contributed by atoms with Gasteiger partial charge in [0.1, 0.15) is 0 Å². The van der Waals surface area contributed by atoms with Crippen LogP contribution in [0.2, 0.25) is 0 Å². The molecule has 6 heteroatoms. The fourth-order valence-electron chi connectivity index (χ4n) is 16.3. The number of para-hydroxylation sites is 7. The maximum Gasteiger partial charge on any atom is 0.252 e. The highest BCUT2D eigenvalue weighted by Gasteiger charge is 2.49. The fraction of sp³-hybridized carbons (Fsp3) is 0.0118. The zero-order chi connectivity index (χ0) is 59.7. The molecule has 0 bridgehead atoms. The Kier molecular flexibility index (Phi) is 11.3. The molecule has 0 atom stereocenters. The molecule has 4 heterocycles. The van der Waals surface area contributed by atoms with Crippen LogP contribution < -0.4 is 31.1 Å². The number of nitrogens with zero attached hydrogens (tertiary/aromatic N) is 5. The average molecular weight is 1160 g/mol. The Morgan fingerprint density at radius 2 is 0.714 bits per heavy atom. The Balaban J connectivity index is 0.985. The summed E-state index contributed by atoms with van der Waals surface area (Å²) in [6, 6.07) is 127. The zero-order valence-electron chi connectivity index (χ0n) is 49.6. The molecular weight excluding hydrogens is 1100 g/mol. The van der Waals surface area contributed by atoms with Gasteiger partial charge in [0.15, 0.2) is 0 Å². The molecule has 424 valence electrons. The van der Waals surface area contributed by atoms with Crippen molar-refractivity contribution in [1.29, 1.82) is 0 Å². The molecule has 0 saturated heterocycles. The van der Waals surface area contributed by atoms with Gasteiger partial charge < -0.3 is 23.8 Å². The Hall–Kier alpha value is -11.9. The highest BCUT2D eigenvalue weighted by Crippen LogP contribution is 2.61. The van der Waals surface area contributed by atoms with Gasteiger partial charge in [0, 0.05) is 66.9 Å². The first-order valence-electron chi connectivity index (χ1n) is 31.5. The number of aromatic nitrogens is 2. The van der Waals surface area contributed by atoms with E-state index in [-0.39, 0.29) is 6.71 Å². The molecular formula is C85H56BN5. The van der Waals surface area contributed by atoms with Gasteiger partial charge in [-0.25, -0.2) is 0 Å². The van der Waals surface area contributed by atoms with Crippen molar-refractivity contribution in [3.63, 3.8) is 0 Å². The Labute approximate surface area is 528 Å². The quantitative estimate of drug-likeness (QED) is 0.134. The second kappa shape index (κ2) is 20.1. The van der Waals surface area contributed by atoms with E-state index in [4.69, 9.17) is 0 Å². The van der Waals surface area contributed by atoms with Gasteiger partial charge in [0.25, 0.3) is 6.71 Å². The van der Waals surface area contributed by atoms with Crippen LogP contribution in [0.3, 0.4) is 0 Å². The molecule has 0 unspecified atom stereocenters. The summed E-state index contributed by atoms with van der Waals surface area (Å²) < 4.78 is 4.94. The van der Waals surface area contributed by atoms with Gasteiger partial charge in [-0.3, -0.25) is 0 Å². The molecule has 3 aliphatic rings. The van der Waals surface area contributed by atoms with Gasteiger partial charge >= 0.3 is 0 Å². The Bertz CT molecular complexity index is 5270. The Morgan fingerprint density at radius 3 is 1.21 bits per heavy atom. The zero-order valence-corrected chi connectivity index (χ0v) is 49.6. The van der Waals surface area contributed by atoms with Crippen LogP contribution in [-0.2, 0) is 5.41 Å². The van der Waals surface area contributed by atoms with Gasteiger partial charge in [-0.1, -0.05) is 237 Å². The van der Waals surface area contributed by atoms with E-state index >= 15 is 0 Å². The summed E-state index contributed by atoms with van der Waals surface area (Å²) in [5.41, 5.74) is 27.4. The molecule has 1 aliphatic carbocycles.